The quantitative estimate of drug-likeness (QED) is 0.943. The Hall–Kier alpha value is -1.69. The average Bonchev–Trinajstić information content (AvgIpc) is 3.11. The molecule has 1 saturated carbocycles. The van der Waals surface area contributed by atoms with Crippen molar-refractivity contribution in [1.29, 1.82) is 0 Å². The third-order valence-electron chi connectivity index (χ3n) is 3.27. The van der Waals surface area contributed by atoms with Gasteiger partial charge in [0.2, 0.25) is 0 Å². The van der Waals surface area contributed by atoms with Gasteiger partial charge in [0.1, 0.15) is 0 Å². The number of halogens is 1. The van der Waals surface area contributed by atoms with Crippen molar-refractivity contribution in [2.75, 3.05) is 0 Å². The zero-order valence-corrected chi connectivity index (χ0v) is 11.9. The summed E-state index contributed by atoms with van der Waals surface area (Å²) in [5, 5.41) is 17.1. The predicted octanol–water partition coefficient (Wildman–Crippen LogP) is 2.91. The summed E-state index contributed by atoms with van der Waals surface area (Å²) in [7, 11) is 0. The van der Waals surface area contributed by atoms with Crippen LogP contribution in [0.2, 0.25) is 0 Å². The van der Waals surface area contributed by atoms with E-state index in [-0.39, 0.29) is 11.6 Å². The lowest BCUT2D eigenvalue weighted by molar-refractivity contribution is 0.0689. The van der Waals surface area contributed by atoms with Gasteiger partial charge in [-0.2, -0.15) is 0 Å². The standard InChI is InChI=1S/C13H12BrN3O2/c1-7-2-5-9(14)6-10(7)17-12(8-3-4-8)11(13(18)19)15-16-17/h2,5-6,8H,3-4H2,1H3,(H,18,19). The molecule has 1 aromatic carbocycles. The lowest BCUT2D eigenvalue weighted by Gasteiger charge is -2.09. The zero-order chi connectivity index (χ0) is 13.6. The van der Waals surface area contributed by atoms with Crippen LogP contribution in [0.5, 0.6) is 0 Å². The number of carboxylic acid groups (broad SMARTS) is 1. The van der Waals surface area contributed by atoms with Crippen molar-refractivity contribution in [2.24, 2.45) is 0 Å². The van der Waals surface area contributed by atoms with Crippen LogP contribution in [0, 0.1) is 6.92 Å². The van der Waals surface area contributed by atoms with Gasteiger partial charge >= 0.3 is 5.97 Å². The normalized spacial score (nSPS) is 14.6. The maximum atomic E-state index is 11.2. The van der Waals surface area contributed by atoms with Crippen LogP contribution >= 0.6 is 15.9 Å². The van der Waals surface area contributed by atoms with Crippen LogP contribution in [0.15, 0.2) is 22.7 Å². The first kappa shape index (κ1) is 12.3. The Labute approximate surface area is 118 Å². The van der Waals surface area contributed by atoms with E-state index in [0.29, 0.717) is 5.69 Å². The molecule has 0 bridgehead atoms. The van der Waals surface area contributed by atoms with Gasteiger partial charge in [-0.05, 0) is 37.5 Å². The van der Waals surface area contributed by atoms with Crippen LogP contribution in [-0.2, 0) is 0 Å². The number of nitrogens with zero attached hydrogens (tertiary/aromatic N) is 3. The van der Waals surface area contributed by atoms with E-state index in [9.17, 15) is 9.90 Å². The van der Waals surface area contributed by atoms with Gasteiger partial charge in [0, 0.05) is 10.4 Å². The largest absolute Gasteiger partial charge is 0.476 e. The molecule has 0 aliphatic heterocycles. The minimum Gasteiger partial charge on any atom is -0.476 e. The highest BCUT2D eigenvalue weighted by molar-refractivity contribution is 9.10. The second kappa shape index (κ2) is 4.45. The topological polar surface area (TPSA) is 68.0 Å². The van der Waals surface area contributed by atoms with Crippen molar-refractivity contribution in [3.63, 3.8) is 0 Å². The summed E-state index contributed by atoms with van der Waals surface area (Å²) in [4.78, 5) is 11.2. The van der Waals surface area contributed by atoms with Gasteiger partial charge < -0.3 is 5.11 Å². The Morgan fingerprint density at radius 3 is 2.84 bits per heavy atom. The van der Waals surface area contributed by atoms with E-state index in [2.05, 4.69) is 26.2 Å². The van der Waals surface area contributed by atoms with E-state index in [1.165, 1.54) is 0 Å². The van der Waals surface area contributed by atoms with Gasteiger partial charge in [-0.25, -0.2) is 9.48 Å². The molecule has 0 saturated heterocycles. The highest BCUT2D eigenvalue weighted by Gasteiger charge is 2.34. The molecule has 3 rings (SSSR count). The van der Waals surface area contributed by atoms with E-state index in [4.69, 9.17) is 0 Å². The molecule has 0 unspecified atom stereocenters. The average molecular weight is 322 g/mol. The van der Waals surface area contributed by atoms with Gasteiger partial charge in [0.05, 0.1) is 11.4 Å². The summed E-state index contributed by atoms with van der Waals surface area (Å²) in [5.74, 6) is -0.750. The summed E-state index contributed by atoms with van der Waals surface area (Å²) in [5.41, 5.74) is 2.69. The van der Waals surface area contributed by atoms with Gasteiger partial charge in [0.25, 0.3) is 0 Å². The molecular weight excluding hydrogens is 310 g/mol. The highest BCUT2D eigenvalue weighted by atomic mass is 79.9. The summed E-state index contributed by atoms with van der Waals surface area (Å²) in [6.07, 6.45) is 2.00. The Balaban J connectivity index is 2.20. The minimum absolute atomic E-state index is 0.0712. The molecule has 1 aliphatic carbocycles. The number of hydrogen-bond donors (Lipinski definition) is 1. The number of aromatic nitrogens is 3. The van der Waals surface area contributed by atoms with Gasteiger partial charge in [-0.1, -0.05) is 27.2 Å². The zero-order valence-electron chi connectivity index (χ0n) is 10.3. The summed E-state index contributed by atoms with van der Waals surface area (Å²) >= 11 is 3.43. The van der Waals surface area contributed by atoms with Crippen LogP contribution in [-0.4, -0.2) is 26.1 Å². The van der Waals surface area contributed by atoms with Gasteiger partial charge in [0.15, 0.2) is 5.69 Å². The van der Waals surface area contributed by atoms with Crippen molar-refractivity contribution in [1.82, 2.24) is 15.0 Å². The predicted molar refractivity (Wildman–Crippen MR) is 72.7 cm³/mol. The second-order valence-corrected chi connectivity index (χ2v) is 5.66. The summed E-state index contributed by atoms with van der Waals surface area (Å²) in [6.45, 7) is 1.97. The molecule has 19 heavy (non-hydrogen) atoms. The van der Waals surface area contributed by atoms with E-state index < -0.39 is 5.97 Å². The van der Waals surface area contributed by atoms with Crippen molar-refractivity contribution >= 4 is 21.9 Å². The van der Waals surface area contributed by atoms with Crippen LogP contribution < -0.4 is 0 Å². The Bertz CT molecular complexity index is 662. The van der Waals surface area contributed by atoms with Crippen LogP contribution in [0.4, 0.5) is 0 Å². The molecule has 0 spiro atoms. The van der Waals surface area contributed by atoms with E-state index in [1.807, 2.05) is 25.1 Å². The fraction of sp³-hybridized carbons (Fsp3) is 0.308. The SMILES string of the molecule is Cc1ccc(Br)cc1-n1nnc(C(=O)O)c1C1CC1. The van der Waals surface area contributed by atoms with Gasteiger partial charge in [-0.15, -0.1) is 5.10 Å². The third-order valence-corrected chi connectivity index (χ3v) is 3.76. The molecule has 6 heteroatoms. The number of benzene rings is 1. The molecule has 1 heterocycles. The summed E-state index contributed by atoms with van der Waals surface area (Å²) < 4.78 is 2.60. The molecule has 1 aromatic heterocycles. The van der Waals surface area contributed by atoms with E-state index >= 15 is 0 Å². The van der Waals surface area contributed by atoms with Crippen molar-refractivity contribution in [3.8, 4) is 5.69 Å². The molecule has 1 fully saturated rings. The minimum atomic E-state index is -1.01. The monoisotopic (exact) mass is 321 g/mol. The molecule has 0 radical (unpaired) electrons. The Kier molecular flexibility index (Phi) is 2.89. The number of hydrogen-bond acceptors (Lipinski definition) is 3. The maximum Gasteiger partial charge on any atom is 0.358 e. The second-order valence-electron chi connectivity index (χ2n) is 4.75. The molecule has 5 nitrogen and oxygen atoms in total. The lowest BCUT2D eigenvalue weighted by atomic mass is 10.1. The Morgan fingerprint density at radius 1 is 1.47 bits per heavy atom. The number of aromatic carboxylic acids is 1. The van der Waals surface area contributed by atoms with Crippen molar-refractivity contribution in [2.45, 2.75) is 25.7 Å². The highest BCUT2D eigenvalue weighted by Crippen LogP contribution is 2.42. The smallest absolute Gasteiger partial charge is 0.358 e. The molecule has 2 aromatic rings. The van der Waals surface area contributed by atoms with Gasteiger partial charge in [-0.3, -0.25) is 0 Å². The number of carboxylic acids is 1. The molecule has 1 N–H and O–H groups in total. The molecular formula is C13H12BrN3O2. The molecule has 98 valence electrons. The molecule has 0 atom stereocenters. The van der Waals surface area contributed by atoms with Crippen LogP contribution in [0.25, 0.3) is 5.69 Å². The first-order valence-corrected chi connectivity index (χ1v) is 6.82. The number of aryl methyl sites for hydroxylation is 1. The van der Waals surface area contributed by atoms with Crippen LogP contribution in [0.1, 0.15) is 40.5 Å². The first-order chi connectivity index (χ1) is 9.08. The number of carbonyl (C=O) groups is 1. The van der Waals surface area contributed by atoms with E-state index in [1.54, 1.807) is 4.68 Å². The Morgan fingerprint density at radius 2 is 2.21 bits per heavy atom. The van der Waals surface area contributed by atoms with E-state index in [0.717, 1.165) is 28.6 Å². The first-order valence-electron chi connectivity index (χ1n) is 6.03. The fourth-order valence-electron chi connectivity index (χ4n) is 2.15. The maximum absolute atomic E-state index is 11.2. The molecule has 1 aliphatic rings. The van der Waals surface area contributed by atoms with Crippen molar-refractivity contribution < 1.29 is 9.90 Å². The lowest BCUT2D eigenvalue weighted by Crippen LogP contribution is -2.07. The van der Waals surface area contributed by atoms with Crippen molar-refractivity contribution in [3.05, 3.63) is 39.6 Å². The van der Waals surface area contributed by atoms with Crippen LogP contribution in [0.3, 0.4) is 0 Å². The third kappa shape index (κ3) is 2.16. The summed E-state index contributed by atoms with van der Waals surface area (Å²) in [6, 6.07) is 5.85. The fourth-order valence-corrected chi connectivity index (χ4v) is 2.50. The number of rotatable bonds is 3. The molecule has 0 amide bonds.